The molecule has 1 heterocycles. The maximum absolute atomic E-state index is 11.9. The molecule has 0 unspecified atom stereocenters. The van der Waals surface area contributed by atoms with Crippen molar-refractivity contribution < 1.29 is 9.53 Å². The molecule has 0 saturated heterocycles. The lowest BCUT2D eigenvalue weighted by Gasteiger charge is -2.07. The second kappa shape index (κ2) is 7.10. The standard InChI is InChI=1S/C15H17ClN2O2/c1-2-7-18-8-6-17-15(18)10-13(19)11-20-14-5-3-4-12(16)9-14/h3-6,8-9H,2,7,10-11H2,1H3. The molecule has 0 bridgehead atoms. The van der Waals surface area contributed by atoms with Crippen LogP contribution in [0.3, 0.4) is 0 Å². The zero-order valence-electron chi connectivity index (χ0n) is 11.4. The molecule has 20 heavy (non-hydrogen) atoms. The highest BCUT2D eigenvalue weighted by atomic mass is 35.5. The minimum atomic E-state index is -0.00599. The van der Waals surface area contributed by atoms with E-state index in [4.69, 9.17) is 16.3 Å². The molecular formula is C15H17ClN2O2. The van der Waals surface area contributed by atoms with Crippen molar-refractivity contribution in [1.29, 1.82) is 0 Å². The minimum Gasteiger partial charge on any atom is -0.486 e. The average Bonchev–Trinajstić information content (AvgIpc) is 2.84. The maximum Gasteiger partial charge on any atom is 0.177 e. The van der Waals surface area contributed by atoms with Crippen molar-refractivity contribution in [1.82, 2.24) is 9.55 Å². The summed E-state index contributed by atoms with van der Waals surface area (Å²) < 4.78 is 7.42. The van der Waals surface area contributed by atoms with E-state index in [9.17, 15) is 4.79 Å². The number of aromatic nitrogens is 2. The quantitative estimate of drug-likeness (QED) is 0.787. The van der Waals surface area contributed by atoms with E-state index in [2.05, 4.69) is 11.9 Å². The Bertz CT molecular complexity index is 581. The van der Waals surface area contributed by atoms with Crippen molar-refractivity contribution in [3.05, 3.63) is 47.5 Å². The first-order valence-corrected chi connectivity index (χ1v) is 6.97. The molecule has 2 rings (SSSR count). The minimum absolute atomic E-state index is 0.00599. The van der Waals surface area contributed by atoms with Crippen LogP contribution in [0.2, 0.25) is 5.02 Å². The van der Waals surface area contributed by atoms with E-state index in [0.29, 0.717) is 10.8 Å². The molecule has 2 aromatic rings. The van der Waals surface area contributed by atoms with E-state index in [0.717, 1.165) is 18.8 Å². The Balaban J connectivity index is 1.88. The molecule has 0 spiro atoms. The number of halogens is 1. The summed E-state index contributed by atoms with van der Waals surface area (Å²) in [6.45, 7) is 2.99. The Morgan fingerprint density at radius 3 is 3.05 bits per heavy atom. The molecule has 106 valence electrons. The molecule has 0 aliphatic rings. The molecule has 0 amide bonds. The Kier molecular flexibility index (Phi) is 5.18. The third-order valence-electron chi connectivity index (χ3n) is 2.82. The number of carbonyl (C=O) groups is 1. The van der Waals surface area contributed by atoms with Gasteiger partial charge in [-0.05, 0) is 24.6 Å². The first-order chi connectivity index (χ1) is 9.69. The monoisotopic (exact) mass is 292 g/mol. The molecular weight excluding hydrogens is 276 g/mol. The van der Waals surface area contributed by atoms with E-state index in [1.54, 1.807) is 30.5 Å². The summed E-state index contributed by atoms with van der Waals surface area (Å²) >= 11 is 5.85. The molecule has 0 radical (unpaired) electrons. The summed E-state index contributed by atoms with van der Waals surface area (Å²) in [5, 5.41) is 0.591. The second-order valence-corrected chi connectivity index (χ2v) is 4.93. The van der Waals surface area contributed by atoms with Crippen LogP contribution in [0, 0.1) is 0 Å². The predicted molar refractivity (Wildman–Crippen MR) is 78.2 cm³/mol. The Labute approximate surface area is 123 Å². The lowest BCUT2D eigenvalue weighted by atomic mass is 10.2. The summed E-state index contributed by atoms with van der Waals surface area (Å²) in [4.78, 5) is 16.1. The fourth-order valence-corrected chi connectivity index (χ4v) is 2.08. The summed E-state index contributed by atoms with van der Waals surface area (Å²) in [5.41, 5.74) is 0. The van der Waals surface area contributed by atoms with Crippen molar-refractivity contribution in [3.8, 4) is 5.75 Å². The highest BCUT2D eigenvalue weighted by Gasteiger charge is 2.09. The van der Waals surface area contributed by atoms with E-state index < -0.39 is 0 Å². The van der Waals surface area contributed by atoms with Gasteiger partial charge in [-0.25, -0.2) is 4.98 Å². The maximum atomic E-state index is 11.9. The van der Waals surface area contributed by atoms with Crippen LogP contribution < -0.4 is 4.74 Å². The molecule has 1 aromatic carbocycles. The number of rotatable bonds is 7. The van der Waals surface area contributed by atoms with Crippen molar-refractivity contribution in [3.63, 3.8) is 0 Å². The van der Waals surface area contributed by atoms with E-state index in [-0.39, 0.29) is 18.8 Å². The fourth-order valence-electron chi connectivity index (χ4n) is 1.90. The molecule has 0 fully saturated rings. The number of carbonyl (C=O) groups excluding carboxylic acids is 1. The third-order valence-corrected chi connectivity index (χ3v) is 3.05. The number of ether oxygens (including phenoxy) is 1. The van der Waals surface area contributed by atoms with Crippen molar-refractivity contribution in [2.24, 2.45) is 0 Å². The Morgan fingerprint density at radius 2 is 2.30 bits per heavy atom. The number of nitrogens with zero attached hydrogens (tertiary/aromatic N) is 2. The van der Waals surface area contributed by atoms with Gasteiger partial charge in [-0.1, -0.05) is 24.6 Å². The lowest BCUT2D eigenvalue weighted by Crippen LogP contribution is -2.16. The van der Waals surface area contributed by atoms with Crippen LogP contribution in [0.25, 0.3) is 0 Å². The number of ketones is 1. The highest BCUT2D eigenvalue weighted by molar-refractivity contribution is 6.30. The first kappa shape index (κ1) is 14.6. The van der Waals surface area contributed by atoms with Crippen LogP contribution in [0.15, 0.2) is 36.7 Å². The fraction of sp³-hybridized carbons (Fsp3) is 0.333. The zero-order chi connectivity index (χ0) is 14.4. The van der Waals surface area contributed by atoms with Gasteiger partial charge in [0.05, 0.1) is 6.42 Å². The zero-order valence-corrected chi connectivity index (χ0v) is 12.1. The van der Waals surface area contributed by atoms with Crippen molar-refractivity contribution in [2.75, 3.05) is 6.61 Å². The molecule has 5 heteroatoms. The SMILES string of the molecule is CCCn1ccnc1CC(=O)COc1cccc(Cl)c1. The van der Waals surface area contributed by atoms with Gasteiger partial charge in [0.15, 0.2) is 5.78 Å². The number of hydrogen-bond acceptors (Lipinski definition) is 3. The molecule has 1 aromatic heterocycles. The third kappa shape index (κ3) is 4.10. The van der Waals surface area contributed by atoms with Gasteiger partial charge in [0, 0.05) is 24.0 Å². The predicted octanol–water partition coefficient (Wildman–Crippen LogP) is 3.14. The van der Waals surface area contributed by atoms with Gasteiger partial charge in [-0.3, -0.25) is 4.79 Å². The van der Waals surface area contributed by atoms with Crippen molar-refractivity contribution in [2.45, 2.75) is 26.3 Å². The van der Waals surface area contributed by atoms with Gasteiger partial charge in [0.1, 0.15) is 18.2 Å². The van der Waals surface area contributed by atoms with Crippen LogP contribution in [0.4, 0.5) is 0 Å². The largest absolute Gasteiger partial charge is 0.486 e. The molecule has 4 nitrogen and oxygen atoms in total. The molecule has 0 atom stereocenters. The van der Waals surface area contributed by atoms with Gasteiger partial charge in [-0.15, -0.1) is 0 Å². The normalized spacial score (nSPS) is 10.5. The first-order valence-electron chi connectivity index (χ1n) is 6.59. The van der Waals surface area contributed by atoms with E-state index >= 15 is 0 Å². The van der Waals surface area contributed by atoms with Crippen LogP contribution in [0.1, 0.15) is 19.2 Å². The summed E-state index contributed by atoms with van der Waals surface area (Å²) in [7, 11) is 0. The van der Waals surface area contributed by atoms with E-state index in [1.807, 2.05) is 10.8 Å². The second-order valence-electron chi connectivity index (χ2n) is 4.50. The van der Waals surface area contributed by atoms with Crippen LogP contribution in [0.5, 0.6) is 5.75 Å². The Morgan fingerprint density at radius 1 is 1.45 bits per heavy atom. The van der Waals surface area contributed by atoms with Crippen molar-refractivity contribution >= 4 is 17.4 Å². The summed E-state index contributed by atoms with van der Waals surface area (Å²) in [5.74, 6) is 1.38. The summed E-state index contributed by atoms with van der Waals surface area (Å²) in [6, 6.07) is 7.01. The molecule has 0 aliphatic heterocycles. The number of Topliss-reactive ketones (excluding diaryl/α,β-unsaturated/α-hetero) is 1. The lowest BCUT2D eigenvalue weighted by molar-refractivity contribution is -0.120. The van der Waals surface area contributed by atoms with Crippen LogP contribution >= 0.6 is 11.6 Å². The number of imidazole rings is 1. The van der Waals surface area contributed by atoms with Crippen LogP contribution in [-0.4, -0.2) is 21.9 Å². The average molecular weight is 293 g/mol. The highest BCUT2D eigenvalue weighted by Crippen LogP contribution is 2.17. The number of aryl methyl sites for hydroxylation is 1. The summed E-state index contributed by atoms with van der Waals surface area (Å²) in [6.07, 6.45) is 4.91. The topological polar surface area (TPSA) is 44.1 Å². The van der Waals surface area contributed by atoms with Gasteiger partial charge in [0.2, 0.25) is 0 Å². The smallest absolute Gasteiger partial charge is 0.177 e. The molecule has 0 aliphatic carbocycles. The molecule has 0 saturated carbocycles. The van der Waals surface area contributed by atoms with Gasteiger partial charge in [-0.2, -0.15) is 0 Å². The number of hydrogen-bond donors (Lipinski definition) is 0. The van der Waals surface area contributed by atoms with Gasteiger partial charge < -0.3 is 9.30 Å². The van der Waals surface area contributed by atoms with Gasteiger partial charge in [0.25, 0.3) is 0 Å². The van der Waals surface area contributed by atoms with E-state index in [1.165, 1.54) is 0 Å². The Hall–Kier alpha value is -1.81. The number of benzene rings is 1. The van der Waals surface area contributed by atoms with Crippen LogP contribution in [-0.2, 0) is 17.8 Å². The molecule has 0 N–H and O–H groups in total. The van der Waals surface area contributed by atoms with Gasteiger partial charge >= 0.3 is 0 Å².